The van der Waals surface area contributed by atoms with E-state index in [4.69, 9.17) is 5.11 Å². The van der Waals surface area contributed by atoms with E-state index in [2.05, 4.69) is 5.10 Å². The van der Waals surface area contributed by atoms with E-state index >= 15 is 0 Å². The Bertz CT molecular complexity index is 544. The van der Waals surface area contributed by atoms with Crippen molar-refractivity contribution in [2.75, 3.05) is 13.1 Å². The minimum Gasteiger partial charge on any atom is -0.481 e. The summed E-state index contributed by atoms with van der Waals surface area (Å²) in [5, 5.41) is 13.2. The first kappa shape index (κ1) is 14.1. The Morgan fingerprint density at radius 1 is 1.24 bits per heavy atom. The lowest BCUT2D eigenvalue weighted by Crippen LogP contribution is -2.39. The smallest absolute Gasteiger partial charge is 0.303 e. The topological polar surface area (TPSA) is 75.4 Å². The second-order valence-electron chi connectivity index (χ2n) is 6.02. The van der Waals surface area contributed by atoms with Crippen molar-refractivity contribution in [2.24, 2.45) is 5.92 Å². The maximum absolute atomic E-state index is 12.6. The van der Waals surface area contributed by atoms with Gasteiger partial charge in [-0.2, -0.15) is 5.10 Å². The summed E-state index contributed by atoms with van der Waals surface area (Å²) in [6.07, 6.45) is 6.65. The molecule has 1 aromatic rings. The van der Waals surface area contributed by atoms with E-state index < -0.39 is 5.97 Å². The number of likely N-dealkylation sites (tertiary alicyclic amines) is 1. The Balaban J connectivity index is 1.64. The number of nitrogens with zero attached hydrogens (tertiary/aromatic N) is 3. The van der Waals surface area contributed by atoms with E-state index in [1.54, 1.807) is 6.20 Å². The highest BCUT2D eigenvalue weighted by molar-refractivity contribution is 5.95. The van der Waals surface area contributed by atoms with Crippen LogP contribution in [0.5, 0.6) is 0 Å². The van der Waals surface area contributed by atoms with Gasteiger partial charge in [-0.3, -0.25) is 14.3 Å². The Labute approximate surface area is 123 Å². The molecule has 1 saturated heterocycles. The molecule has 0 radical (unpaired) electrons. The van der Waals surface area contributed by atoms with Crippen LogP contribution in [0, 0.1) is 5.92 Å². The first-order chi connectivity index (χ1) is 10.1. The number of aliphatic carboxylic acids is 1. The predicted molar refractivity (Wildman–Crippen MR) is 76.0 cm³/mol. The lowest BCUT2D eigenvalue weighted by molar-refractivity contribution is -0.138. The molecule has 2 aliphatic heterocycles. The van der Waals surface area contributed by atoms with Gasteiger partial charge in [0.2, 0.25) is 0 Å². The molecule has 114 valence electrons. The van der Waals surface area contributed by atoms with Crippen LogP contribution in [0.2, 0.25) is 0 Å². The van der Waals surface area contributed by atoms with Crippen molar-refractivity contribution in [1.82, 2.24) is 14.7 Å². The lowest BCUT2D eigenvalue weighted by atomic mass is 9.93. The van der Waals surface area contributed by atoms with Crippen molar-refractivity contribution in [1.29, 1.82) is 0 Å². The Morgan fingerprint density at radius 3 is 2.71 bits per heavy atom. The fourth-order valence-corrected chi connectivity index (χ4v) is 3.36. The van der Waals surface area contributed by atoms with Crippen LogP contribution in [0.15, 0.2) is 6.20 Å². The fourth-order valence-electron chi connectivity index (χ4n) is 3.36. The molecule has 1 N–H and O–H groups in total. The summed E-state index contributed by atoms with van der Waals surface area (Å²) in [7, 11) is 0. The van der Waals surface area contributed by atoms with Crippen molar-refractivity contribution in [3.63, 3.8) is 0 Å². The Kier molecular flexibility index (Phi) is 3.94. The second kappa shape index (κ2) is 5.87. The number of carbonyl (C=O) groups excluding carboxylic acids is 1. The van der Waals surface area contributed by atoms with Gasteiger partial charge in [0.05, 0.1) is 17.5 Å². The summed E-state index contributed by atoms with van der Waals surface area (Å²) in [6, 6.07) is 0. The van der Waals surface area contributed by atoms with Crippen molar-refractivity contribution in [2.45, 2.75) is 45.1 Å². The van der Waals surface area contributed by atoms with Crippen LogP contribution in [-0.4, -0.2) is 44.8 Å². The van der Waals surface area contributed by atoms with Gasteiger partial charge in [0.1, 0.15) is 0 Å². The highest BCUT2D eigenvalue weighted by atomic mass is 16.4. The summed E-state index contributed by atoms with van der Waals surface area (Å²) >= 11 is 0. The summed E-state index contributed by atoms with van der Waals surface area (Å²) in [6.45, 7) is 2.21. The Hall–Kier alpha value is -1.85. The zero-order valence-corrected chi connectivity index (χ0v) is 12.1. The maximum atomic E-state index is 12.6. The first-order valence-corrected chi connectivity index (χ1v) is 7.71. The minimum absolute atomic E-state index is 0.0620. The van der Waals surface area contributed by atoms with Crippen molar-refractivity contribution in [3.05, 3.63) is 17.5 Å². The predicted octanol–water partition coefficient (Wildman–Crippen LogP) is 1.55. The highest BCUT2D eigenvalue weighted by Gasteiger charge is 2.28. The normalized spacial score (nSPS) is 19.3. The van der Waals surface area contributed by atoms with Gasteiger partial charge >= 0.3 is 5.97 Å². The number of carboxylic acid groups (broad SMARTS) is 1. The van der Waals surface area contributed by atoms with Crippen LogP contribution in [0.1, 0.15) is 48.2 Å². The van der Waals surface area contributed by atoms with Crippen molar-refractivity contribution in [3.8, 4) is 0 Å². The average molecular weight is 291 g/mol. The minimum atomic E-state index is -0.745. The molecule has 3 heterocycles. The number of hydrogen-bond acceptors (Lipinski definition) is 3. The summed E-state index contributed by atoms with van der Waals surface area (Å²) < 4.78 is 1.95. The Morgan fingerprint density at radius 2 is 2.00 bits per heavy atom. The van der Waals surface area contributed by atoms with E-state index in [1.165, 1.54) is 0 Å². The molecule has 0 bridgehead atoms. The second-order valence-corrected chi connectivity index (χ2v) is 6.02. The molecular weight excluding hydrogens is 270 g/mol. The SMILES string of the molecule is O=C(O)CC1CCN(C(=O)c2cnn3c2CCCC3)CC1. The van der Waals surface area contributed by atoms with E-state index in [0.717, 1.165) is 49.9 Å². The van der Waals surface area contributed by atoms with Gasteiger partial charge in [-0.1, -0.05) is 0 Å². The van der Waals surface area contributed by atoms with E-state index in [9.17, 15) is 9.59 Å². The van der Waals surface area contributed by atoms with Gasteiger partial charge in [0.25, 0.3) is 5.91 Å². The number of fused-ring (bicyclic) bond motifs is 1. The zero-order valence-electron chi connectivity index (χ0n) is 12.1. The number of aryl methyl sites for hydroxylation is 1. The van der Waals surface area contributed by atoms with Crippen LogP contribution in [0.4, 0.5) is 0 Å². The third-order valence-electron chi connectivity index (χ3n) is 4.58. The third kappa shape index (κ3) is 2.94. The van der Waals surface area contributed by atoms with E-state index in [1.807, 2.05) is 9.58 Å². The van der Waals surface area contributed by atoms with Crippen molar-refractivity contribution >= 4 is 11.9 Å². The largest absolute Gasteiger partial charge is 0.481 e. The highest BCUT2D eigenvalue weighted by Crippen LogP contribution is 2.24. The first-order valence-electron chi connectivity index (χ1n) is 7.71. The zero-order chi connectivity index (χ0) is 14.8. The van der Waals surface area contributed by atoms with Crippen LogP contribution in [-0.2, 0) is 17.8 Å². The summed E-state index contributed by atoms with van der Waals surface area (Å²) in [5.74, 6) is -0.481. The summed E-state index contributed by atoms with van der Waals surface area (Å²) in [4.78, 5) is 25.2. The van der Waals surface area contributed by atoms with Gasteiger partial charge < -0.3 is 10.0 Å². The molecule has 0 atom stereocenters. The standard InChI is InChI=1S/C15H21N3O3/c19-14(20)9-11-4-7-17(8-5-11)15(21)12-10-16-18-6-2-1-3-13(12)18/h10-11H,1-9H2,(H,19,20). The number of rotatable bonds is 3. The van der Waals surface area contributed by atoms with E-state index in [-0.39, 0.29) is 18.2 Å². The molecule has 0 saturated carbocycles. The molecular formula is C15H21N3O3. The van der Waals surface area contributed by atoms with Crippen molar-refractivity contribution < 1.29 is 14.7 Å². The summed E-state index contributed by atoms with van der Waals surface area (Å²) in [5.41, 5.74) is 1.81. The number of carbonyl (C=O) groups is 2. The van der Waals surface area contributed by atoms with Crippen LogP contribution in [0.25, 0.3) is 0 Å². The van der Waals surface area contributed by atoms with Gasteiger partial charge in [0.15, 0.2) is 0 Å². The quantitative estimate of drug-likeness (QED) is 0.916. The number of hydrogen-bond donors (Lipinski definition) is 1. The molecule has 1 amide bonds. The number of amides is 1. The molecule has 0 unspecified atom stereocenters. The van der Waals surface area contributed by atoms with Crippen LogP contribution >= 0.6 is 0 Å². The fraction of sp³-hybridized carbons (Fsp3) is 0.667. The number of aromatic nitrogens is 2. The monoisotopic (exact) mass is 291 g/mol. The molecule has 1 fully saturated rings. The van der Waals surface area contributed by atoms with Gasteiger partial charge in [-0.25, -0.2) is 0 Å². The molecule has 21 heavy (non-hydrogen) atoms. The van der Waals surface area contributed by atoms with Gasteiger partial charge in [0, 0.05) is 26.1 Å². The average Bonchev–Trinajstić information content (AvgIpc) is 2.90. The van der Waals surface area contributed by atoms with Crippen LogP contribution in [0.3, 0.4) is 0 Å². The molecule has 2 aliphatic rings. The molecule has 1 aromatic heterocycles. The molecule has 0 aromatic carbocycles. The molecule has 0 aliphatic carbocycles. The maximum Gasteiger partial charge on any atom is 0.303 e. The molecule has 3 rings (SSSR count). The lowest BCUT2D eigenvalue weighted by Gasteiger charge is -2.31. The molecule has 6 nitrogen and oxygen atoms in total. The number of piperidine rings is 1. The number of carboxylic acids is 1. The third-order valence-corrected chi connectivity index (χ3v) is 4.58. The van der Waals surface area contributed by atoms with Crippen LogP contribution < -0.4 is 0 Å². The molecule has 6 heteroatoms. The van der Waals surface area contributed by atoms with Gasteiger partial charge in [-0.05, 0) is 38.0 Å². The van der Waals surface area contributed by atoms with Gasteiger partial charge in [-0.15, -0.1) is 0 Å². The van der Waals surface area contributed by atoms with E-state index in [0.29, 0.717) is 13.1 Å². The molecule has 0 spiro atoms.